The Balaban J connectivity index is 1.78. The lowest BCUT2D eigenvalue weighted by Gasteiger charge is -2.22. The van der Waals surface area contributed by atoms with Crippen molar-refractivity contribution in [2.75, 3.05) is 11.5 Å². The number of carbonyl (C=O) groups is 1. The molecule has 0 N–H and O–H groups in total. The Hall–Kier alpha value is -3.52. The molecule has 26 heavy (non-hydrogen) atoms. The molecule has 0 spiro atoms. The molecule has 5 nitrogen and oxygen atoms in total. The van der Waals surface area contributed by atoms with Crippen molar-refractivity contribution < 1.29 is 13.9 Å². The Labute approximate surface area is 152 Å². The highest BCUT2D eigenvalue weighted by atomic mass is 16.5. The summed E-state index contributed by atoms with van der Waals surface area (Å²) in [6, 6.07) is 20.2. The first-order valence-electron chi connectivity index (χ1n) is 8.18. The van der Waals surface area contributed by atoms with Gasteiger partial charge in [0.1, 0.15) is 17.6 Å². The van der Waals surface area contributed by atoms with E-state index >= 15 is 0 Å². The van der Waals surface area contributed by atoms with Gasteiger partial charge in [-0.1, -0.05) is 29.8 Å². The van der Waals surface area contributed by atoms with Gasteiger partial charge in [0.15, 0.2) is 6.61 Å². The van der Waals surface area contributed by atoms with E-state index in [-0.39, 0.29) is 12.5 Å². The molecule has 1 heterocycles. The number of furan rings is 1. The van der Waals surface area contributed by atoms with Crippen molar-refractivity contribution in [3.63, 3.8) is 0 Å². The quantitative estimate of drug-likeness (QED) is 0.675. The molecule has 5 heteroatoms. The van der Waals surface area contributed by atoms with Crippen LogP contribution in [0.15, 0.2) is 71.3 Å². The van der Waals surface area contributed by atoms with Crippen LogP contribution in [-0.2, 0) is 11.3 Å². The number of para-hydroxylation sites is 1. The summed E-state index contributed by atoms with van der Waals surface area (Å²) in [5, 5.41) is 9.13. The maximum Gasteiger partial charge on any atom is 0.265 e. The first kappa shape index (κ1) is 17.3. The van der Waals surface area contributed by atoms with Crippen LogP contribution in [-0.4, -0.2) is 12.5 Å². The molecule has 0 saturated heterocycles. The van der Waals surface area contributed by atoms with Crippen molar-refractivity contribution in [2.24, 2.45) is 0 Å². The second-order valence-electron chi connectivity index (χ2n) is 5.79. The molecule has 0 aliphatic carbocycles. The highest BCUT2D eigenvalue weighted by Gasteiger charge is 2.18. The molecule has 3 aromatic rings. The van der Waals surface area contributed by atoms with Crippen LogP contribution in [0.3, 0.4) is 0 Å². The smallest absolute Gasteiger partial charge is 0.265 e. The fourth-order valence-electron chi connectivity index (χ4n) is 2.51. The zero-order chi connectivity index (χ0) is 18.4. The topological polar surface area (TPSA) is 66.5 Å². The molecule has 0 saturated carbocycles. The largest absolute Gasteiger partial charge is 0.482 e. The van der Waals surface area contributed by atoms with Gasteiger partial charge in [-0.05, 0) is 43.3 Å². The Kier molecular flexibility index (Phi) is 5.35. The minimum atomic E-state index is -0.224. The Morgan fingerprint density at radius 2 is 1.88 bits per heavy atom. The fraction of sp³-hybridized carbons (Fsp3) is 0.143. The second-order valence-corrected chi connectivity index (χ2v) is 5.79. The standard InChI is InChI=1S/C21H18N2O3/c1-16-8-10-18(11-9-16)23(14-19-6-4-12-25-19)21(24)15-26-20-7-3-2-5-17(20)13-22/h2-12H,14-15H2,1H3. The SMILES string of the molecule is Cc1ccc(N(Cc2ccco2)C(=O)COc2ccccc2C#N)cc1. The minimum absolute atomic E-state index is 0.173. The van der Waals surface area contributed by atoms with Crippen LogP contribution in [0.25, 0.3) is 0 Å². The number of anilines is 1. The minimum Gasteiger partial charge on any atom is -0.482 e. The van der Waals surface area contributed by atoms with E-state index in [1.165, 1.54) is 0 Å². The van der Waals surface area contributed by atoms with E-state index in [9.17, 15) is 4.79 Å². The van der Waals surface area contributed by atoms with E-state index in [0.717, 1.165) is 11.3 Å². The van der Waals surface area contributed by atoms with Crippen molar-refractivity contribution in [1.29, 1.82) is 5.26 Å². The van der Waals surface area contributed by atoms with E-state index < -0.39 is 0 Å². The summed E-state index contributed by atoms with van der Waals surface area (Å²) in [5.41, 5.74) is 2.26. The third-order valence-electron chi connectivity index (χ3n) is 3.90. The molecular formula is C21H18N2O3. The van der Waals surface area contributed by atoms with Crippen LogP contribution in [0.2, 0.25) is 0 Å². The lowest BCUT2D eigenvalue weighted by Crippen LogP contribution is -2.34. The first-order chi connectivity index (χ1) is 12.7. The molecule has 130 valence electrons. The van der Waals surface area contributed by atoms with Crippen LogP contribution in [0.1, 0.15) is 16.9 Å². The van der Waals surface area contributed by atoms with E-state index in [2.05, 4.69) is 6.07 Å². The maximum absolute atomic E-state index is 12.8. The van der Waals surface area contributed by atoms with E-state index in [1.54, 1.807) is 41.5 Å². The molecule has 1 aromatic heterocycles. The van der Waals surface area contributed by atoms with Crippen LogP contribution in [0.4, 0.5) is 5.69 Å². The van der Waals surface area contributed by atoms with Crippen LogP contribution >= 0.6 is 0 Å². The van der Waals surface area contributed by atoms with Crippen molar-refractivity contribution in [1.82, 2.24) is 0 Å². The molecule has 0 fully saturated rings. The molecule has 0 atom stereocenters. The lowest BCUT2D eigenvalue weighted by atomic mass is 10.2. The summed E-state index contributed by atoms with van der Waals surface area (Å²) in [7, 11) is 0. The van der Waals surface area contributed by atoms with E-state index in [4.69, 9.17) is 14.4 Å². The van der Waals surface area contributed by atoms with E-state index in [0.29, 0.717) is 23.6 Å². The Morgan fingerprint density at radius 3 is 2.58 bits per heavy atom. The maximum atomic E-state index is 12.8. The summed E-state index contributed by atoms with van der Waals surface area (Å²) in [6.07, 6.45) is 1.58. The van der Waals surface area contributed by atoms with E-state index in [1.807, 2.05) is 37.3 Å². The number of nitriles is 1. The van der Waals surface area contributed by atoms with Crippen molar-refractivity contribution in [2.45, 2.75) is 13.5 Å². The van der Waals surface area contributed by atoms with Crippen LogP contribution in [0, 0.1) is 18.3 Å². The molecule has 0 unspecified atom stereocenters. The van der Waals surface area contributed by atoms with Crippen LogP contribution < -0.4 is 9.64 Å². The van der Waals surface area contributed by atoms with Gasteiger partial charge in [-0.25, -0.2) is 0 Å². The van der Waals surface area contributed by atoms with Crippen molar-refractivity contribution in [3.8, 4) is 11.8 Å². The fourth-order valence-corrected chi connectivity index (χ4v) is 2.51. The number of amides is 1. The predicted octanol–water partition coefficient (Wildman–Crippen LogP) is 4.07. The predicted molar refractivity (Wildman–Crippen MR) is 97.7 cm³/mol. The number of benzene rings is 2. The third kappa shape index (κ3) is 4.11. The summed E-state index contributed by atoms with van der Waals surface area (Å²) in [5.74, 6) is 0.847. The number of ether oxygens (including phenoxy) is 1. The lowest BCUT2D eigenvalue weighted by molar-refractivity contribution is -0.120. The van der Waals surface area contributed by atoms with Gasteiger partial charge in [-0.15, -0.1) is 0 Å². The number of hydrogen-bond donors (Lipinski definition) is 0. The second kappa shape index (κ2) is 8.04. The molecule has 1 amide bonds. The molecular weight excluding hydrogens is 328 g/mol. The monoisotopic (exact) mass is 346 g/mol. The highest BCUT2D eigenvalue weighted by Crippen LogP contribution is 2.20. The molecule has 0 aliphatic rings. The molecule has 0 bridgehead atoms. The highest BCUT2D eigenvalue weighted by molar-refractivity contribution is 5.94. The van der Waals surface area contributed by atoms with Gasteiger partial charge >= 0.3 is 0 Å². The van der Waals surface area contributed by atoms with Crippen molar-refractivity contribution in [3.05, 3.63) is 83.8 Å². The van der Waals surface area contributed by atoms with Gasteiger partial charge in [0, 0.05) is 5.69 Å². The number of carbonyl (C=O) groups excluding carboxylic acids is 1. The Bertz CT molecular complexity index is 909. The van der Waals surface area contributed by atoms with Gasteiger partial charge in [-0.2, -0.15) is 5.26 Å². The number of hydrogen-bond acceptors (Lipinski definition) is 4. The third-order valence-corrected chi connectivity index (χ3v) is 3.90. The van der Waals surface area contributed by atoms with Crippen molar-refractivity contribution >= 4 is 11.6 Å². The molecule has 0 radical (unpaired) electrons. The number of nitrogens with zero attached hydrogens (tertiary/aromatic N) is 2. The van der Waals surface area contributed by atoms with Gasteiger partial charge in [0.25, 0.3) is 5.91 Å². The first-order valence-corrected chi connectivity index (χ1v) is 8.18. The molecule has 3 rings (SSSR count). The summed E-state index contributed by atoms with van der Waals surface area (Å²) in [4.78, 5) is 14.4. The average Bonchev–Trinajstić information content (AvgIpc) is 3.18. The van der Waals surface area contributed by atoms with Gasteiger partial charge in [0.2, 0.25) is 0 Å². The summed E-state index contributed by atoms with van der Waals surface area (Å²) >= 11 is 0. The number of aryl methyl sites for hydroxylation is 1. The number of rotatable bonds is 6. The zero-order valence-corrected chi connectivity index (χ0v) is 14.4. The summed E-state index contributed by atoms with van der Waals surface area (Å²) in [6.45, 7) is 2.12. The zero-order valence-electron chi connectivity index (χ0n) is 14.4. The molecule has 0 aliphatic heterocycles. The average molecular weight is 346 g/mol. The van der Waals surface area contributed by atoms with Crippen LogP contribution in [0.5, 0.6) is 5.75 Å². The molecule has 2 aromatic carbocycles. The van der Waals surface area contributed by atoms with Gasteiger partial charge < -0.3 is 14.1 Å². The Morgan fingerprint density at radius 1 is 1.12 bits per heavy atom. The normalized spacial score (nSPS) is 10.2. The van der Waals surface area contributed by atoms with Gasteiger partial charge in [-0.3, -0.25) is 4.79 Å². The summed E-state index contributed by atoms with van der Waals surface area (Å²) < 4.78 is 11.0. The van der Waals surface area contributed by atoms with Gasteiger partial charge in [0.05, 0.1) is 18.4 Å².